The lowest BCUT2D eigenvalue weighted by Crippen LogP contribution is -2.52. The highest BCUT2D eigenvalue weighted by Gasteiger charge is 2.47. The van der Waals surface area contributed by atoms with Crippen LogP contribution < -0.4 is 0 Å². The summed E-state index contributed by atoms with van der Waals surface area (Å²) in [6.45, 7) is 0.152. The van der Waals surface area contributed by atoms with Crippen LogP contribution in [0.2, 0.25) is 5.02 Å². The number of esters is 1. The summed E-state index contributed by atoms with van der Waals surface area (Å²) in [5.74, 6) is -1.92. The van der Waals surface area contributed by atoms with E-state index < -0.39 is 46.9 Å². The van der Waals surface area contributed by atoms with Crippen molar-refractivity contribution in [3.63, 3.8) is 0 Å². The molecule has 1 N–H and O–H groups in total. The number of ether oxygens (including phenoxy) is 1. The van der Waals surface area contributed by atoms with Gasteiger partial charge in [-0.15, -0.1) is 0 Å². The number of carbonyl (C=O) groups is 4. The van der Waals surface area contributed by atoms with Gasteiger partial charge in [0.05, 0.1) is 35.8 Å². The molecule has 15 heteroatoms. The van der Waals surface area contributed by atoms with E-state index >= 15 is 0 Å². The lowest BCUT2D eigenvalue weighted by molar-refractivity contribution is -0.151. The number of fused-ring (bicyclic) bond motifs is 1. The highest BCUT2D eigenvalue weighted by molar-refractivity contribution is 8.18. The van der Waals surface area contributed by atoms with E-state index in [0.29, 0.717) is 28.2 Å². The number of hydrogen-bond donors (Lipinski definition) is 1. The molecule has 3 heterocycles. The van der Waals surface area contributed by atoms with Crippen molar-refractivity contribution in [2.24, 2.45) is 5.92 Å². The lowest BCUT2D eigenvalue weighted by Gasteiger charge is -2.36. The maximum Gasteiger partial charge on any atom is 0.416 e. The second-order valence-electron chi connectivity index (χ2n) is 10.0. The van der Waals surface area contributed by atoms with E-state index in [1.807, 2.05) is 0 Å². The van der Waals surface area contributed by atoms with Gasteiger partial charge >= 0.3 is 18.2 Å². The second-order valence-corrected chi connectivity index (χ2v) is 11.5. The summed E-state index contributed by atoms with van der Waals surface area (Å²) in [6.07, 6.45) is -2.16. The molecular formula is C28H24ClF3N4O6S. The fourth-order valence-corrected chi connectivity index (χ4v) is 6.38. The number of carbonyl (C=O) groups excluding carboxylic acids is 3. The van der Waals surface area contributed by atoms with Gasteiger partial charge in [-0.1, -0.05) is 23.7 Å². The first-order valence-electron chi connectivity index (χ1n) is 13.0. The van der Waals surface area contributed by atoms with Crippen LogP contribution in [0.5, 0.6) is 0 Å². The van der Waals surface area contributed by atoms with E-state index in [1.54, 1.807) is 18.2 Å². The fraction of sp³-hybridized carbons (Fsp3) is 0.321. The van der Waals surface area contributed by atoms with Crippen LogP contribution in [0.15, 0.2) is 47.5 Å². The number of imide groups is 1. The van der Waals surface area contributed by atoms with Crippen LogP contribution >= 0.6 is 23.4 Å². The van der Waals surface area contributed by atoms with Crippen LogP contribution in [0.4, 0.5) is 22.8 Å². The Hall–Kier alpha value is -4.04. The highest BCUT2D eigenvalue weighted by atomic mass is 35.5. The highest BCUT2D eigenvalue weighted by Crippen LogP contribution is 2.38. The number of hydrogen-bond acceptors (Lipinski definition) is 7. The number of halogens is 4. The van der Waals surface area contributed by atoms with Crippen molar-refractivity contribution in [3.05, 3.63) is 69.2 Å². The maximum atomic E-state index is 13.6. The molecular weight excluding hydrogens is 613 g/mol. The first-order valence-corrected chi connectivity index (χ1v) is 14.2. The molecule has 2 aromatic carbocycles. The zero-order valence-corrected chi connectivity index (χ0v) is 24.1. The van der Waals surface area contributed by atoms with E-state index in [-0.39, 0.29) is 48.0 Å². The second kappa shape index (κ2) is 11.9. The number of benzene rings is 2. The van der Waals surface area contributed by atoms with Gasteiger partial charge in [0.1, 0.15) is 6.04 Å². The number of methoxy groups -OCH3 is 1. The lowest BCUT2D eigenvalue weighted by atomic mass is 9.88. The van der Waals surface area contributed by atoms with Crippen LogP contribution in [0, 0.1) is 5.92 Å². The Balaban J connectivity index is 1.38. The van der Waals surface area contributed by atoms with Crippen LogP contribution in [0.1, 0.15) is 29.5 Å². The van der Waals surface area contributed by atoms with Crippen LogP contribution in [-0.4, -0.2) is 74.1 Å². The molecule has 5 rings (SSSR count). The van der Waals surface area contributed by atoms with Crippen molar-refractivity contribution in [2.45, 2.75) is 31.6 Å². The molecule has 0 radical (unpaired) electrons. The molecule has 43 heavy (non-hydrogen) atoms. The Morgan fingerprint density at radius 3 is 2.56 bits per heavy atom. The normalized spacial score (nSPS) is 18.1. The van der Waals surface area contributed by atoms with Crippen LogP contribution in [0.25, 0.3) is 17.0 Å². The number of alkyl halides is 3. The van der Waals surface area contributed by atoms with Crippen molar-refractivity contribution in [3.8, 4) is 0 Å². The monoisotopic (exact) mass is 636 g/mol. The van der Waals surface area contributed by atoms with Gasteiger partial charge in [-0.2, -0.15) is 18.3 Å². The first-order chi connectivity index (χ1) is 20.4. The maximum absolute atomic E-state index is 13.6. The topological polar surface area (TPSA) is 122 Å². The number of carboxylic acid groups (broad SMARTS) is 1. The predicted molar refractivity (Wildman–Crippen MR) is 151 cm³/mol. The van der Waals surface area contributed by atoms with E-state index in [4.69, 9.17) is 16.3 Å². The standard InChI is InChI=1S/C28H24ClF3N4O6S/c1-42-25(38)23(16-6-8-34(9-7-16)26(39)40)36-24(37)22(43-27(36)41)11-15-2-5-21-18(10-15)13-33-35(21)14-17-3-4-19(29)12-20(17)28(30,31)32/h2-5,10-13,16,23H,6-9,14H2,1H3,(H,39,40)/b22-11-. The van der Waals surface area contributed by atoms with Crippen molar-refractivity contribution in [1.82, 2.24) is 19.6 Å². The van der Waals surface area contributed by atoms with Gasteiger partial charge in [0.2, 0.25) is 0 Å². The minimum absolute atomic E-state index is 0.00607. The Morgan fingerprint density at radius 1 is 1.19 bits per heavy atom. The van der Waals surface area contributed by atoms with E-state index in [1.165, 1.54) is 34.0 Å². The molecule has 3 amide bonds. The molecule has 1 unspecified atom stereocenters. The molecule has 1 atom stereocenters. The molecule has 0 saturated carbocycles. The third kappa shape index (κ3) is 6.20. The van der Waals surface area contributed by atoms with Gasteiger partial charge < -0.3 is 14.7 Å². The summed E-state index contributed by atoms with van der Waals surface area (Å²) in [5.41, 5.74) is 0.221. The number of likely N-dealkylation sites (tertiary alicyclic amines) is 1. The number of aromatic nitrogens is 2. The molecule has 0 aliphatic carbocycles. The molecule has 226 valence electrons. The van der Waals surface area contributed by atoms with E-state index in [0.717, 1.165) is 18.1 Å². The fourth-order valence-electron chi connectivity index (χ4n) is 5.34. The van der Waals surface area contributed by atoms with Gasteiger partial charge in [0.15, 0.2) is 0 Å². The minimum Gasteiger partial charge on any atom is -0.467 e. The minimum atomic E-state index is -4.60. The number of nitrogens with zero attached hydrogens (tertiary/aromatic N) is 4. The summed E-state index contributed by atoms with van der Waals surface area (Å²) in [7, 11) is 1.16. The summed E-state index contributed by atoms with van der Waals surface area (Å²) in [5, 5.41) is 13.4. The van der Waals surface area contributed by atoms with Gasteiger partial charge in [-0.3, -0.25) is 19.2 Å². The molecule has 1 aromatic heterocycles. The van der Waals surface area contributed by atoms with Crippen LogP contribution in [0.3, 0.4) is 0 Å². The van der Waals surface area contributed by atoms with Gasteiger partial charge in [-0.25, -0.2) is 9.59 Å². The summed E-state index contributed by atoms with van der Waals surface area (Å²) in [6, 6.07) is 7.33. The van der Waals surface area contributed by atoms with Crippen molar-refractivity contribution >= 4 is 63.6 Å². The van der Waals surface area contributed by atoms with Crippen molar-refractivity contribution in [1.29, 1.82) is 0 Å². The number of thioether (sulfide) groups is 1. The van der Waals surface area contributed by atoms with Crippen molar-refractivity contribution in [2.75, 3.05) is 20.2 Å². The zero-order valence-electron chi connectivity index (χ0n) is 22.5. The Morgan fingerprint density at radius 2 is 1.91 bits per heavy atom. The van der Waals surface area contributed by atoms with E-state index in [2.05, 4.69) is 5.10 Å². The molecule has 2 aliphatic heterocycles. The largest absolute Gasteiger partial charge is 0.467 e. The Labute approximate surface area is 252 Å². The van der Waals surface area contributed by atoms with Crippen LogP contribution in [-0.2, 0) is 27.0 Å². The zero-order chi connectivity index (χ0) is 31.1. The molecule has 0 bridgehead atoms. The number of amides is 3. The molecule has 2 saturated heterocycles. The van der Waals surface area contributed by atoms with Gasteiger partial charge in [0, 0.05) is 23.5 Å². The predicted octanol–water partition coefficient (Wildman–Crippen LogP) is 5.72. The quantitative estimate of drug-likeness (QED) is 0.269. The summed E-state index contributed by atoms with van der Waals surface area (Å²) < 4.78 is 47.0. The molecule has 10 nitrogen and oxygen atoms in total. The average Bonchev–Trinajstić information content (AvgIpc) is 3.48. The number of rotatable bonds is 6. The molecule has 2 fully saturated rings. The number of piperidine rings is 1. The van der Waals surface area contributed by atoms with Gasteiger partial charge in [-0.05, 0) is 72.0 Å². The summed E-state index contributed by atoms with van der Waals surface area (Å²) >= 11 is 6.46. The Kier molecular flexibility index (Phi) is 8.43. The SMILES string of the molecule is COC(=O)C(C1CCN(C(=O)O)CC1)N1C(=O)S/C(=C\c2ccc3c(cnn3Cc3ccc(Cl)cc3C(F)(F)F)c2)C1=O. The average molecular weight is 637 g/mol. The molecule has 2 aliphatic rings. The Bertz CT molecular complexity index is 1650. The third-order valence-electron chi connectivity index (χ3n) is 7.46. The molecule has 3 aromatic rings. The van der Waals surface area contributed by atoms with Gasteiger partial charge in [0.25, 0.3) is 11.1 Å². The smallest absolute Gasteiger partial charge is 0.416 e. The summed E-state index contributed by atoms with van der Waals surface area (Å²) in [4.78, 5) is 52.6. The third-order valence-corrected chi connectivity index (χ3v) is 8.58. The van der Waals surface area contributed by atoms with E-state index in [9.17, 15) is 37.5 Å². The molecule has 0 spiro atoms. The first kappa shape index (κ1) is 30.4. The van der Waals surface area contributed by atoms with Crippen molar-refractivity contribution < 1.29 is 42.2 Å².